The molecule has 0 aliphatic carbocycles. The van der Waals surface area contributed by atoms with E-state index in [9.17, 15) is 9.59 Å². The van der Waals surface area contributed by atoms with Crippen LogP contribution < -0.4 is 14.2 Å². The normalized spacial score (nSPS) is 10.4. The molecule has 0 N–H and O–H groups in total. The lowest BCUT2D eigenvalue weighted by molar-refractivity contribution is -0.148. The fourth-order valence-electron chi connectivity index (χ4n) is 3.12. The van der Waals surface area contributed by atoms with E-state index in [1.54, 1.807) is 32.4 Å². The molecule has 0 heterocycles. The largest absolute Gasteiger partial charge is 0.497 e. The molecule has 0 unspecified atom stereocenters. The van der Waals surface area contributed by atoms with Gasteiger partial charge in [0, 0.05) is 12.6 Å². The van der Waals surface area contributed by atoms with Crippen LogP contribution in [0.3, 0.4) is 0 Å². The molecule has 1 amide bonds. The van der Waals surface area contributed by atoms with Gasteiger partial charge in [0.1, 0.15) is 23.8 Å². The number of benzene rings is 3. The SMILES string of the molecule is COC(=O)CN(Cc1cc(OC)cc(OC)c1)C(=O)COc1ccc2ccccc2c1. The van der Waals surface area contributed by atoms with Crippen molar-refractivity contribution in [1.82, 2.24) is 4.90 Å². The molecule has 162 valence electrons. The Balaban J connectivity index is 1.74. The second-order valence-corrected chi connectivity index (χ2v) is 6.84. The van der Waals surface area contributed by atoms with Crippen LogP contribution in [0.5, 0.6) is 17.2 Å². The number of carbonyl (C=O) groups excluding carboxylic acids is 2. The van der Waals surface area contributed by atoms with Gasteiger partial charge in [-0.15, -0.1) is 0 Å². The Kier molecular flexibility index (Phi) is 7.32. The van der Waals surface area contributed by atoms with Gasteiger partial charge in [0.25, 0.3) is 5.91 Å². The third kappa shape index (κ3) is 5.88. The zero-order valence-corrected chi connectivity index (χ0v) is 17.8. The minimum atomic E-state index is -0.520. The first-order valence-electron chi connectivity index (χ1n) is 9.70. The van der Waals surface area contributed by atoms with Crippen LogP contribution in [0, 0.1) is 0 Å². The highest BCUT2D eigenvalue weighted by atomic mass is 16.5. The minimum Gasteiger partial charge on any atom is -0.497 e. The highest BCUT2D eigenvalue weighted by Gasteiger charge is 2.19. The van der Waals surface area contributed by atoms with Gasteiger partial charge in [-0.05, 0) is 40.6 Å². The number of ether oxygens (including phenoxy) is 4. The third-order valence-corrected chi connectivity index (χ3v) is 4.77. The first-order valence-corrected chi connectivity index (χ1v) is 9.70. The van der Waals surface area contributed by atoms with Crippen LogP contribution in [0.15, 0.2) is 60.7 Å². The first kappa shape index (κ1) is 22.0. The Hall–Kier alpha value is -3.74. The summed E-state index contributed by atoms with van der Waals surface area (Å²) in [7, 11) is 4.38. The molecule has 0 aliphatic heterocycles. The first-order chi connectivity index (χ1) is 15.0. The number of hydrogen-bond acceptors (Lipinski definition) is 6. The summed E-state index contributed by atoms with van der Waals surface area (Å²) < 4.78 is 21.0. The average Bonchev–Trinajstić information content (AvgIpc) is 2.81. The summed E-state index contributed by atoms with van der Waals surface area (Å²) in [6.45, 7) is -0.241. The summed E-state index contributed by atoms with van der Waals surface area (Å²) >= 11 is 0. The second-order valence-electron chi connectivity index (χ2n) is 6.84. The molecule has 0 fully saturated rings. The van der Waals surface area contributed by atoms with E-state index in [4.69, 9.17) is 18.9 Å². The van der Waals surface area contributed by atoms with Gasteiger partial charge in [0.05, 0.1) is 21.3 Å². The number of esters is 1. The third-order valence-electron chi connectivity index (χ3n) is 4.77. The van der Waals surface area contributed by atoms with Crippen molar-refractivity contribution in [1.29, 1.82) is 0 Å². The molecule has 3 rings (SSSR count). The fourth-order valence-corrected chi connectivity index (χ4v) is 3.12. The van der Waals surface area contributed by atoms with Crippen LogP contribution in [0.4, 0.5) is 0 Å². The fraction of sp³-hybridized carbons (Fsp3) is 0.250. The Morgan fingerprint density at radius 1 is 0.806 bits per heavy atom. The highest BCUT2D eigenvalue weighted by Crippen LogP contribution is 2.24. The summed E-state index contributed by atoms with van der Waals surface area (Å²) in [5, 5.41) is 2.10. The number of methoxy groups -OCH3 is 3. The Morgan fingerprint density at radius 2 is 1.48 bits per heavy atom. The molecule has 7 heteroatoms. The zero-order valence-electron chi connectivity index (χ0n) is 17.8. The number of hydrogen-bond donors (Lipinski definition) is 0. The molecule has 0 bridgehead atoms. The van der Waals surface area contributed by atoms with Gasteiger partial charge in [0.15, 0.2) is 6.61 Å². The van der Waals surface area contributed by atoms with E-state index >= 15 is 0 Å². The van der Waals surface area contributed by atoms with Crippen molar-refractivity contribution in [2.75, 3.05) is 34.5 Å². The van der Waals surface area contributed by atoms with E-state index in [0.717, 1.165) is 16.3 Å². The lowest BCUT2D eigenvalue weighted by Gasteiger charge is -2.22. The molecule has 0 atom stereocenters. The predicted octanol–water partition coefficient (Wildman–Crippen LogP) is 3.44. The van der Waals surface area contributed by atoms with Gasteiger partial charge in [-0.25, -0.2) is 0 Å². The molecule has 0 aliphatic rings. The molecule has 0 saturated carbocycles. The molecular formula is C24H25NO6. The summed E-state index contributed by atoms with van der Waals surface area (Å²) in [5.74, 6) is 0.891. The molecule has 31 heavy (non-hydrogen) atoms. The maximum atomic E-state index is 12.9. The lowest BCUT2D eigenvalue weighted by Crippen LogP contribution is -2.38. The van der Waals surface area contributed by atoms with Gasteiger partial charge in [-0.1, -0.05) is 30.3 Å². The monoisotopic (exact) mass is 423 g/mol. The second kappa shape index (κ2) is 10.3. The number of fused-ring (bicyclic) bond motifs is 1. The van der Waals surface area contributed by atoms with Gasteiger partial charge in [-0.3, -0.25) is 9.59 Å². The average molecular weight is 423 g/mol. The maximum absolute atomic E-state index is 12.9. The summed E-state index contributed by atoms with van der Waals surface area (Å²) in [6, 6.07) is 18.8. The molecular weight excluding hydrogens is 398 g/mol. The molecule has 3 aromatic carbocycles. The van der Waals surface area contributed by atoms with Crippen molar-refractivity contribution in [3.63, 3.8) is 0 Å². The molecule has 0 spiro atoms. The van der Waals surface area contributed by atoms with Gasteiger partial charge in [-0.2, -0.15) is 0 Å². The van der Waals surface area contributed by atoms with Crippen molar-refractivity contribution >= 4 is 22.6 Å². The van der Waals surface area contributed by atoms with E-state index in [1.165, 1.54) is 12.0 Å². The molecule has 0 aromatic heterocycles. The van der Waals surface area contributed by atoms with Gasteiger partial charge < -0.3 is 23.8 Å². The number of rotatable bonds is 9. The van der Waals surface area contributed by atoms with Crippen LogP contribution in [-0.4, -0.2) is 51.3 Å². The smallest absolute Gasteiger partial charge is 0.325 e. The van der Waals surface area contributed by atoms with E-state index in [0.29, 0.717) is 17.2 Å². The quantitative estimate of drug-likeness (QED) is 0.491. The molecule has 0 radical (unpaired) electrons. The van der Waals surface area contributed by atoms with Crippen LogP contribution in [0.2, 0.25) is 0 Å². The lowest BCUT2D eigenvalue weighted by atomic mass is 10.1. The number of amides is 1. The van der Waals surface area contributed by atoms with Crippen molar-refractivity contribution in [2.45, 2.75) is 6.54 Å². The molecule has 0 saturated heterocycles. The summed E-state index contributed by atoms with van der Waals surface area (Å²) in [5.41, 5.74) is 0.749. The molecule has 7 nitrogen and oxygen atoms in total. The zero-order chi connectivity index (χ0) is 22.2. The maximum Gasteiger partial charge on any atom is 0.325 e. The standard InChI is InChI=1S/C24H25NO6/c1-28-21-10-17(11-22(13-21)29-2)14-25(15-24(27)30-3)23(26)16-31-20-9-8-18-6-4-5-7-19(18)12-20/h4-13H,14-16H2,1-3H3. The predicted molar refractivity (Wildman–Crippen MR) is 116 cm³/mol. The van der Waals surface area contributed by atoms with E-state index in [2.05, 4.69) is 0 Å². The Morgan fingerprint density at radius 3 is 2.13 bits per heavy atom. The minimum absolute atomic E-state index is 0.169. The van der Waals surface area contributed by atoms with Crippen LogP contribution in [-0.2, 0) is 20.9 Å². The molecule has 3 aromatic rings. The van der Waals surface area contributed by atoms with Crippen molar-refractivity contribution in [2.24, 2.45) is 0 Å². The van der Waals surface area contributed by atoms with E-state index < -0.39 is 5.97 Å². The van der Waals surface area contributed by atoms with Crippen LogP contribution in [0.25, 0.3) is 10.8 Å². The van der Waals surface area contributed by atoms with Crippen molar-refractivity contribution in [3.05, 3.63) is 66.2 Å². The van der Waals surface area contributed by atoms with Crippen LogP contribution in [0.1, 0.15) is 5.56 Å². The van der Waals surface area contributed by atoms with E-state index in [-0.39, 0.29) is 25.6 Å². The summed E-state index contributed by atoms with van der Waals surface area (Å²) in [4.78, 5) is 26.1. The Labute approximate surface area is 181 Å². The number of nitrogens with zero attached hydrogens (tertiary/aromatic N) is 1. The Bertz CT molecular complexity index is 1040. The van der Waals surface area contributed by atoms with Gasteiger partial charge >= 0.3 is 5.97 Å². The topological polar surface area (TPSA) is 74.3 Å². The van der Waals surface area contributed by atoms with Crippen LogP contribution >= 0.6 is 0 Å². The van der Waals surface area contributed by atoms with Crippen molar-refractivity contribution in [3.8, 4) is 17.2 Å². The van der Waals surface area contributed by atoms with Crippen molar-refractivity contribution < 1.29 is 28.5 Å². The summed E-state index contributed by atoms with van der Waals surface area (Å²) in [6.07, 6.45) is 0. The number of carbonyl (C=O) groups is 2. The van der Waals surface area contributed by atoms with Gasteiger partial charge in [0.2, 0.25) is 0 Å². The highest BCUT2D eigenvalue weighted by molar-refractivity contribution is 5.85. The van der Waals surface area contributed by atoms with E-state index in [1.807, 2.05) is 42.5 Å².